The largest absolute Gasteiger partial charge is 0.350 e. The Bertz CT molecular complexity index is 759. The number of rotatable bonds is 2. The van der Waals surface area contributed by atoms with Crippen LogP contribution in [0.3, 0.4) is 0 Å². The molecule has 2 aliphatic heterocycles. The normalized spacial score (nSPS) is 22.8. The van der Waals surface area contributed by atoms with Gasteiger partial charge < -0.3 is 10.2 Å². The zero-order valence-electron chi connectivity index (χ0n) is 13.6. The lowest BCUT2D eigenvalue weighted by Crippen LogP contribution is -2.54. The van der Waals surface area contributed by atoms with Gasteiger partial charge in [0, 0.05) is 44.1 Å². The minimum Gasteiger partial charge on any atom is -0.350 e. The van der Waals surface area contributed by atoms with Crippen molar-refractivity contribution in [2.45, 2.75) is 30.7 Å². The predicted molar refractivity (Wildman–Crippen MR) is 90.9 cm³/mol. The van der Waals surface area contributed by atoms with Gasteiger partial charge in [0.1, 0.15) is 0 Å². The van der Waals surface area contributed by atoms with Gasteiger partial charge in [-0.3, -0.25) is 14.3 Å². The summed E-state index contributed by atoms with van der Waals surface area (Å²) in [5.41, 5.74) is 1.62. The van der Waals surface area contributed by atoms with Crippen LogP contribution >= 0.6 is 11.3 Å². The maximum absolute atomic E-state index is 12.5. The number of piperidine rings is 1. The molecule has 0 aliphatic carbocycles. The molecule has 6 nitrogen and oxygen atoms in total. The Labute approximate surface area is 144 Å². The summed E-state index contributed by atoms with van der Waals surface area (Å²) in [5, 5.41) is 11.3. The number of hydrogen-bond acceptors (Lipinski definition) is 4. The number of aromatic nitrogens is 2. The Morgan fingerprint density at radius 2 is 2.21 bits per heavy atom. The maximum Gasteiger partial charge on any atom is 0.254 e. The molecular formula is C17H20N4O2S. The van der Waals surface area contributed by atoms with E-state index in [4.69, 9.17) is 0 Å². The zero-order chi connectivity index (χ0) is 16.7. The van der Waals surface area contributed by atoms with Crippen molar-refractivity contribution in [2.24, 2.45) is 7.05 Å². The lowest BCUT2D eigenvalue weighted by Gasteiger charge is -2.42. The Kier molecular flexibility index (Phi) is 3.68. The van der Waals surface area contributed by atoms with Crippen molar-refractivity contribution in [3.63, 3.8) is 0 Å². The molecule has 4 heterocycles. The van der Waals surface area contributed by atoms with E-state index in [0.29, 0.717) is 19.5 Å². The molecule has 0 aromatic carbocycles. The smallest absolute Gasteiger partial charge is 0.254 e. The van der Waals surface area contributed by atoms with Crippen LogP contribution in [-0.4, -0.2) is 45.1 Å². The van der Waals surface area contributed by atoms with Crippen LogP contribution in [0.1, 0.15) is 41.1 Å². The Morgan fingerprint density at radius 3 is 2.83 bits per heavy atom. The highest BCUT2D eigenvalue weighted by molar-refractivity contribution is 7.08. The molecule has 0 bridgehead atoms. The van der Waals surface area contributed by atoms with E-state index >= 15 is 0 Å². The second kappa shape index (κ2) is 5.73. The fourth-order valence-corrected chi connectivity index (χ4v) is 4.63. The second-order valence-electron chi connectivity index (χ2n) is 6.71. The first kappa shape index (κ1) is 15.4. The zero-order valence-corrected chi connectivity index (χ0v) is 14.4. The molecule has 4 rings (SSSR count). The Balaban J connectivity index is 1.52. The average molecular weight is 344 g/mol. The standard InChI is InChI=1S/C17H20N4O2S/c1-20-10-13(9-18-20)14-8-15(22)19-17(14)3-5-21(6-4-17)16(23)12-2-7-24-11-12/h2,7,9-11,14H,3-6,8H2,1H3,(H,19,22)/t14-/m0/s1. The van der Waals surface area contributed by atoms with E-state index in [9.17, 15) is 9.59 Å². The summed E-state index contributed by atoms with van der Waals surface area (Å²) in [6.45, 7) is 1.34. The molecule has 2 aromatic heterocycles. The summed E-state index contributed by atoms with van der Waals surface area (Å²) in [6.07, 6.45) is 5.93. The van der Waals surface area contributed by atoms with Crippen molar-refractivity contribution in [2.75, 3.05) is 13.1 Å². The fraction of sp³-hybridized carbons (Fsp3) is 0.471. The van der Waals surface area contributed by atoms with Crippen LogP contribution < -0.4 is 5.32 Å². The third-order valence-electron chi connectivity index (χ3n) is 5.28. The van der Waals surface area contributed by atoms with Gasteiger partial charge in [0.25, 0.3) is 5.91 Å². The molecule has 2 aliphatic rings. The van der Waals surface area contributed by atoms with Crippen molar-refractivity contribution in [1.82, 2.24) is 20.0 Å². The van der Waals surface area contributed by atoms with Crippen molar-refractivity contribution in [3.8, 4) is 0 Å². The molecule has 24 heavy (non-hydrogen) atoms. The van der Waals surface area contributed by atoms with Crippen LogP contribution in [0.4, 0.5) is 0 Å². The first-order chi connectivity index (χ1) is 11.6. The monoisotopic (exact) mass is 344 g/mol. The number of hydrogen-bond donors (Lipinski definition) is 1. The number of amides is 2. The van der Waals surface area contributed by atoms with E-state index in [-0.39, 0.29) is 23.3 Å². The molecule has 0 radical (unpaired) electrons. The van der Waals surface area contributed by atoms with Gasteiger partial charge in [-0.25, -0.2) is 0 Å². The molecule has 2 aromatic rings. The fourth-order valence-electron chi connectivity index (χ4n) is 4.00. The van der Waals surface area contributed by atoms with Gasteiger partial charge in [0.15, 0.2) is 0 Å². The molecule has 2 amide bonds. The molecule has 1 spiro atoms. The third-order valence-corrected chi connectivity index (χ3v) is 5.97. The number of thiophene rings is 1. The lowest BCUT2D eigenvalue weighted by molar-refractivity contribution is -0.120. The van der Waals surface area contributed by atoms with E-state index in [1.54, 1.807) is 4.68 Å². The molecule has 1 N–H and O–H groups in total. The molecular weight excluding hydrogens is 324 g/mol. The minimum absolute atomic E-state index is 0.0911. The topological polar surface area (TPSA) is 67.2 Å². The summed E-state index contributed by atoms with van der Waals surface area (Å²) in [6, 6.07) is 1.87. The highest BCUT2D eigenvalue weighted by atomic mass is 32.1. The number of carbonyl (C=O) groups is 2. The Morgan fingerprint density at radius 1 is 1.42 bits per heavy atom. The molecule has 0 unspecified atom stereocenters. The van der Waals surface area contributed by atoms with E-state index in [0.717, 1.165) is 24.0 Å². The molecule has 2 fully saturated rings. The summed E-state index contributed by atoms with van der Waals surface area (Å²) in [4.78, 5) is 26.5. The predicted octanol–water partition coefficient (Wildman–Crippen LogP) is 1.76. The van der Waals surface area contributed by atoms with Gasteiger partial charge in [-0.05, 0) is 29.9 Å². The number of likely N-dealkylation sites (tertiary alicyclic amines) is 1. The van der Waals surface area contributed by atoms with Crippen LogP contribution in [0.5, 0.6) is 0 Å². The first-order valence-corrected chi connectivity index (χ1v) is 9.13. The number of carbonyl (C=O) groups excluding carboxylic acids is 2. The van der Waals surface area contributed by atoms with E-state index in [2.05, 4.69) is 10.4 Å². The highest BCUT2D eigenvalue weighted by Gasteiger charge is 2.49. The number of nitrogens with one attached hydrogen (secondary N) is 1. The quantitative estimate of drug-likeness (QED) is 0.903. The molecule has 7 heteroatoms. The van der Waals surface area contributed by atoms with Crippen LogP contribution in [0.25, 0.3) is 0 Å². The maximum atomic E-state index is 12.5. The molecule has 0 saturated carbocycles. The van der Waals surface area contributed by atoms with Crippen LogP contribution in [0, 0.1) is 0 Å². The lowest BCUT2D eigenvalue weighted by atomic mass is 9.75. The van der Waals surface area contributed by atoms with Gasteiger partial charge in [0.2, 0.25) is 5.91 Å². The van der Waals surface area contributed by atoms with E-state index in [1.807, 2.05) is 41.2 Å². The van der Waals surface area contributed by atoms with Gasteiger partial charge in [-0.1, -0.05) is 0 Å². The molecule has 2 saturated heterocycles. The SMILES string of the molecule is Cn1cc([C@@H]2CC(=O)NC23CCN(C(=O)c2ccsc2)CC3)cn1. The van der Waals surface area contributed by atoms with Crippen molar-refractivity contribution in [3.05, 3.63) is 40.3 Å². The summed E-state index contributed by atoms with van der Waals surface area (Å²) < 4.78 is 1.78. The second-order valence-corrected chi connectivity index (χ2v) is 7.49. The average Bonchev–Trinajstić information content (AvgIpc) is 3.28. The number of aryl methyl sites for hydroxylation is 1. The molecule has 1 atom stereocenters. The van der Waals surface area contributed by atoms with Crippen LogP contribution in [0.15, 0.2) is 29.2 Å². The molecule has 126 valence electrons. The van der Waals surface area contributed by atoms with Crippen molar-refractivity contribution in [1.29, 1.82) is 0 Å². The summed E-state index contributed by atoms with van der Waals surface area (Å²) in [5.74, 6) is 0.326. The highest BCUT2D eigenvalue weighted by Crippen LogP contribution is 2.43. The van der Waals surface area contributed by atoms with E-state index in [1.165, 1.54) is 11.3 Å². The van der Waals surface area contributed by atoms with Crippen molar-refractivity contribution >= 4 is 23.2 Å². The first-order valence-electron chi connectivity index (χ1n) is 8.18. The Hall–Kier alpha value is -2.15. The minimum atomic E-state index is -0.245. The van der Waals surface area contributed by atoms with Crippen LogP contribution in [0.2, 0.25) is 0 Å². The van der Waals surface area contributed by atoms with Gasteiger partial charge >= 0.3 is 0 Å². The number of nitrogens with zero attached hydrogens (tertiary/aromatic N) is 3. The van der Waals surface area contributed by atoms with Gasteiger partial charge in [-0.15, -0.1) is 0 Å². The van der Waals surface area contributed by atoms with Gasteiger partial charge in [-0.2, -0.15) is 16.4 Å². The van der Waals surface area contributed by atoms with Crippen LogP contribution in [-0.2, 0) is 11.8 Å². The third kappa shape index (κ3) is 2.53. The van der Waals surface area contributed by atoms with Gasteiger partial charge in [0.05, 0.1) is 17.3 Å². The van der Waals surface area contributed by atoms with E-state index < -0.39 is 0 Å². The van der Waals surface area contributed by atoms with Crippen molar-refractivity contribution < 1.29 is 9.59 Å². The summed E-state index contributed by atoms with van der Waals surface area (Å²) >= 11 is 1.54. The summed E-state index contributed by atoms with van der Waals surface area (Å²) in [7, 11) is 1.89.